The Hall–Kier alpha value is -6.66. The Morgan fingerprint density at radius 1 is 0.700 bits per heavy atom. The van der Waals surface area contributed by atoms with Gasteiger partial charge in [-0.3, -0.25) is 57.7 Å². The normalized spacial score (nSPS) is 14.0. The summed E-state index contributed by atoms with van der Waals surface area (Å²) in [7, 11) is 2.48. The minimum absolute atomic E-state index is 0.0380. The third-order valence-corrected chi connectivity index (χ3v) is 11.3. The highest BCUT2D eigenvalue weighted by molar-refractivity contribution is 7.99. The van der Waals surface area contributed by atoms with Crippen LogP contribution in [0.1, 0.15) is 31.2 Å². The lowest BCUT2D eigenvalue weighted by Gasteiger charge is -2.29. The van der Waals surface area contributed by atoms with E-state index >= 15 is 0 Å². The van der Waals surface area contributed by atoms with Gasteiger partial charge < -0.3 is 79.6 Å². The molecule has 0 heterocycles. The van der Waals surface area contributed by atoms with Gasteiger partial charge in [0.1, 0.15) is 42.5 Å². The van der Waals surface area contributed by atoms with Crippen LogP contribution in [0.25, 0.3) is 0 Å². The van der Waals surface area contributed by atoms with Crippen molar-refractivity contribution in [3.05, 3.63) is 35.9 Å². The molecule has 9 amide bonds. The maximum Gasteiger partial charge on any atom is 0.305 e. The van der Waals surface area contributed by atoms with Crippen LogP contribution in [0.3, 0.4) is 0 Å². The van der Waals surface area contributed by atoms with Gasteiger partial charge in [-0.25, -0.2) is 0 Å². The van der Waals surface area contributed by atoms with Crippen molar-refractivity contribution in [2.24, 2.45) is 22.2 Å². The maximum absolute atomic E-state index is 13.7. The van der Waals surface area contributed by atoms with Crippen molar-refractivity contribution in [2.45, 2.75) is 74.4 Å². The Labute approximate surface area is 417 Å². The molecule has 0 fully saturated rings. The van der Waals surface area contributed by atoms with Crippen LogP contribution in [0.5, 0.6) is 0 Å². The predicted molar refractivity (Wildman–Crippen MR) is 260 cm³/mol. The summed E-state index contributed by atoms with van der Waals surface area (Å²) in [5.41, 5.74) is 16.9. The summed E-state index contributed by atoms with van der Waals surface area (Å²) in [5, 5.41) is 38.1. The van der Waals surface area contributed by atoms with Crippen molar-refractivity contribution in [2.75, 3.05) is 56.7 Å². The third-order valence-electron chi connectivity index (χ3n) is 9.61. The molecule has 1 aromatic carbocycles. The van der Waals surface area contributed by atoms with E-state index in [0.29, 0.717) is 16.7 Å². The Morgan fingerprint density at radius 2 is 1.21 bits per heavy atom. The molecule has 70 heavy (non-hydrogen) atoms. The van der Waals surface area contributed by atoms with Crippen molar-refractivity contribution in [3.63, 3.8) is 0 Å². The van der Waals surface area contributed by atoms with Gasteiger partial charge in [0.2, 0.25) is 53.2 Å². The fourth-order valence-electron chi connectivity index (χ4n) is 5.83. The second-order valence-electron chi connectivity index (χ2n) is 15.0. The first-order valence-electron chi connectivity index (χ1n) is 21.1. The number of rotatable bonds is 33. The first-order valence-corrected chi connectivity index (χ1v) is 23.5. The van der Waals surface area contributed by atoms with Crippen molar-refractivity contribution in [1.82, 2.24) is 47.4 Å². The van der Waals surface area contributed by atoms with E-state index in [9.17, 15) is 62.6 Å². The summed E-state index contributed by atoms with van der Waals surface area (Å²) in [6.07, 6.45) is -1.22. The molecule has 1 aromatic rings. The summed E-state index contributed by atoms with van der Waals surface area (Å²) in [5.74, 6) is -12.3. The highest BCUT2D eigenvalue weighted by Crippen LogP contribution is 2.10. The van der Waals surface area contributed by atoms with Gasteiger partial charge in [0.15, 0.2) is 5.96 Å². The van der Waals surface area contributed by atoms with Crippen molar-refractivity contribution in [1.29, 1.82) is 0 Å². The maximum atomic E-state index is 13.7. The number of carbonyl (C=O) groups is 12. The van der Waals surface area contributed by atoms with Gasteiger partial charge in [-0.15, -0.1) is 0 Å². The van der Waals surface area contributed by atoms with Crippen LogP contribution in [0.15, 0.2) is 35.3 Å². The second-order valence-corrected chi connectivity index (χ2v) is 16.8. The van der Waals surface area contributed by atoms with Crippen molar-refractivity contribution in [3.8, 4) is 0 Å². The number of benzene rings is 1. The minimum atomic E-state index is -1.80. The predicted octanol–water partition coefficient (Wildman–Crippen LogP) is -6.42. The summed E-state index contributed by atoms with van der Waals surface area (Å²) in [4.78, 5) is 156. The number of thiol groups is 2. The van der Waals surface area contributed by atoms with Gasteiger partial charge in [-0.1, -0.05) is 30.3 Å². The number of nitrogens with zero attached hydrogens (tertiary/aromatic N) is 2. The molecule has 16 N–H and O–H groups in total. The fourth-order valence-corrected chi connectivity index (χ4v) is 7.05. The van der Waals surface area contributed by atoms with E-state index in [1.54, 1.807) is 30.3 Å². The fraction of sp³-hybridized carbons (Fsp3) is 0.525. The van der Waals surface area contributed by atoms with E-state index in [1.807, 2.05) is 0 Å². The molecule has 0 radical (unpaired) electrons. The number of aliphatic imine (C=N–C) groups is 1. The highest BCUT2D eigenvalue weighted by atomic mass is 32.2. The van der Waals surface area contributed by atoms with Crippen LogP contribution in [0.4, 0.5) is 0 Å². The number of hydrogen-bond donors (Lipinski definition) is 15. The van der Waals surface area contributed by atoms with E-state index in [1.165, 1.54) is 7.05 Å². The molecule has 0 aliphatic heterocycles. The molecule has 0 saturated carbocycles. The molecule has 30 heteroatoms. The number of aliphatic carboxylic acids is 2. The van der Waals surface area contributed by atoms with E-state index in [2.05, 4.69) is 72.8 Å². The number of guanidine groups is 1. The molecule has 7 atom stereocenters. The average molecular weight is 1040 g/mol. The van der Waals surface area contributed by atoms with Gasteiger partial charge in [0.05, 0.1) is 32.0 Å². The Balaban J connectivity index is 3.29. The summed E-state index contributed by atoms with van der Waals surface area (Å²) < 4.78 is 0. The van der Waals surface area contributed by atoms with Gasteiger partial charge in [0, 0.05) is 50.1 Å². The number of thioether (sulfide) groups is 1. The van der Waals surface area contributed by atoms with Crippen LogP contribution in [0.2, 0.25) is 0 Å². The van der Waals surface area contributed by atoms with Gasteiger partial charge in [-0.05, 0) is 18.4 Å². The van der Waals surface area contributed by atoms with Gasteiger partial charge in [0.25, 0.3) is 0 Å². The molecular formula is C40H61N13O14S3. The number of nitrogens with two attached hydrogens (primary N) is 3. The van der Waals surface area contributed by atoms with Crippen LogP contribution in [-0.4, -0.2) is 191 Å². The molecule has 27 nitrogen and oxygen atoms in total. The lowest BCUT2D eigenvalue weighted by Crippen LogP contribution is -2.60. The Morgan fingerprint density at radius 3 is 1.76 bits per heavy atom. The zero-order valence-corrected chi connectivity index (χ0v) is 40.8. The largest absolute Gasteiger partial charge is 0.481 e. The molecule has 388 valence electrons. The molecule has 0 aromatic heterocycles. The van der Waals surface area contributed by atoms with E-state index in [4.69, 9.17) is 22.3 Å². The molecule has 0 aliphatic carbocycles. The molecule has 1 rings (SSSR count). The number of amides is 9. The number of carboxylic acids is 2. The number of nitrogens with one attached hydrogen (secondary N) is 8. The lowest BCUT2D eigenvalue weighted by molar-refractivity contribution is -0.146. The van der Waals surface area contributed by atoms with Crippen LogP contribution in [-0.2, 0) is 64.0 Å². The van der Waals surface area contributed by atoms with E-state index < -0.39 is 139 Å². The number of primary amides is 1. The molecule has 0 spiro atoms. The van der Waals surface area contributed by atoms with E-state index in [-0.39, 0.29) is 49.0 Å². The number of carboxylic acid groups (broad SMARTS) is 2. The van der Waals surface area contributed by atoms with E-state index in [0.717, 1.165) is 18.8 Å². The Kier molecular flexibility index (Phi) is 28.9. The zero-order valence-electron chi connectivity index (χ0n) is 38.2. The first-order chi connectivity index (χ1) is 33.1. The van der Waals surface area contributed by atoms with Crippen LogP contribution < -0.4 is 59.7 Å². The standard InChI is InChI=1S/C40H61N13O14S3/c1-44-40(43)45-10-6-9-23(48-37(65)25(18-68)50-33(61)22(41)14-31(57)58)34(62)47-17-30(56)53(2)28(15-32(59)60)39(67)51-26(19-69)38(66)49-24(13-21-7-4-3-5-8-21)36(64)52-27(20-70-12-11-54)35(63)46-16-29(42)55/h3-5,7-8,11,22-28,68-69H,6,9-10,12-20,41H2,1-2H3,(H2,42,55)(H,46,63)(H,47,62)(H,48,65)(H,49,66)(H,50,61)(H,51,67)(H,52,64)(H,57,58)(H,59,60)(H3,43,44,45)/t22-,23-,24-,25-,26-,27-,28-/m0/s1. The number of hydrogen-bond acceptors (Lipinski definition) is 17. The monoisotopic (exact) mass is 1040 g/mol. The second kappa shape index (κ2) is 33.0. The van der Waals surface area contributed by atoms with Gasteiger partial charge in [-0.2, -0.15) is 37.0 Å². The topological polar surface area (TPSA) is 435 Å². The summed E-state index contributed by atoms with van der Waals surface area (Å²) in [6, 6.07) is -2.06. The molecular weight excluding hydrogens is 983 g/mol. The van der Waals surface area contributed by atoms with Crippen molar-refractivity contribution < 1.29 is 67.7 Å². The molecule has 0 bridgehead atoms. The van der Waals surface area contributed by atoms with Gasteiger partial charge >= 0.3 is 11.9 Å². The zero-order chi connectivity index (χ0) is 52.9. The number of aldehydes is 1. The third kappa shape index (κ3) is 23.6. The van der Waals surface area contributed by atoms with Crippen LogP contribution >= 0.6 is 37.0 Å². The number of likely N-dealkylation sites (N-methyl/N-ethyl adjacent to an activating group) is 1. The first kappa shape index (κ1) is 61.4. The quantitative estimate of drug-likeness (QED) is 0.0102. The lowest BCUT2D eigenvalue weighted by atomic mass is 10.0. The summed E-state index contributed by atoms with van der Waals surface area (Å²) >= 11 is 9.21. The molecule has 0 unspecified atom stereocenters. The Bertz CT molecular complexity index is 2040. The smallest absolute Gasteiger partial charge is 0.305 e. The minimum Gasteiger partial charge on any atom is -0.481 e. The average Bonchev–Trinajstić information content (AvgIpc) is 3.32. The summed E-state index contributed by atoms with van der Waals surface area (Å²) in [6.45, 7) is -1.24. The van der Waals surface area contributed by atoms with Crippen molar-refractivity contribution >= 4 is 114 Å². The number of carbonyl (C=O) groups excluding carboxylic acids is 10. The highest BCUT2D eigenvalue weighted by Gasteiger charge is 2.35. The molecule has 0 saturated heterocycles. The van der Waals surface area contributed by atoms with Crippen LogP contribution in [0, 0.1) is 0 Å². The SMILES string of the molecule is CN=C(N)NCCC[C@H](NC(=O)[C@H](CS)NC(=O)[C@@H](N)CC(=O)O)C(=O)NCC(=O)N(C)[C@@H](CC(=O)O)C(=O)N[C@@H](CS)C(=O)N[C@@H](Cc1ccccc1)C(=O)N[C@@H](CSCC=O)C(=O)NCC(N)=O. The molecule has 0 aliphatic rings.